The van der Waals surface area contributed by atoms with Crippen molar-refractivity contribution >= 4 is 17.5 Å². The predicted octanol–water partition coefficient (Wildman–Crippen LogP) is 4.82. The maximum absolute atomic E-state index is 12.0. The average molecular weight is 399 g/mol. The predicted molar refractivity (Wildman–Crippen MR) is 110 cm³/mol. The third-order valence-electron chi connectivity index (χ3n) is 4.22. The second-order valence-electron chi connectivity index (χ2n) is 6.45. The fraction of sp³-hybridized carbons (Fsp3) is 0.273. The molecule has 28 heavy (non-hydrogen) atoms. The number of hydrogen-bond donors (Lipinski definition) is 1. The van der Waals surface area contributed by atoms with E-state index in [0.29, 0.717) is 42.7 Å². The minimum atomic E-state index is -0.0258. The van der Waals surface area contributed by atoms with Crippen LogP contribution in [0.4, 0.5) is 0 Å². The molecule has 3 aromatic rings. The third kappa shape index (κ3) is 5.86. The minimum Gasteiger partial charge on any atom is -0.493 e. The molecule has 1 aromatic heterocycles. The molecule has 0 bridgehead atoms. The summed E-state index contributed by atoms with van der Waals surface area (Å²) in [5.74, 6) is 2.07. The van der Waals surface area contributed by atoms with Crippen LogP contribution in [0, 0.1) is 6.92 Å². The van der Waals surface area contributed by atoms with Gasteiger partial charge in [0, 0.05) is 30.0 Å². The summed E-state index contributed by atoms with van der Waals surface area (Å²) < 4.78 is 11.4. The van der Waals surface area contributed by atoms with Gasteiger partial charge >= 0.3 is 0 Å². The number of ether oxygens (including phenoxy) is 1. The Morgan fingerprint density at radius 1 is 1.21 bits per heavy atom. The number of nitrogens with zero attached hydrogens (tertiary/aromatic N) is 1. The Bertz CT molecular complexity index is 909. The molecular formula is C22H23ClN2O3. The maximum atomic E-state index is 12.0. The van der Waals surface area contributed by atoms with Crippen LogP contribution in [0.1, 0.15) is 24.3 Å². The van der Waals surface area contributed by atoms with Crippen LogP contribution in [0.25, 0.3) is 11.3 Å². The first-order chi connectivity index (χ1) is 13.6. The fourth-order valence-electron chi connectivity index (χ4n) is 2.73. The molecule has 0 aliphatic carbocycles. The highest BCUT2D eigenvalue weighted by Crippen LogP contribution is 2.22. The smallest absolute Gasteiger partial charge is 0.220 e. The lowest BCUT2D eigenvalue weighted by Crippen LogP contribution is -2.25. The van der Waals surface area contributed by atoms with E-state index in [1.54, 1.807) is 12.3 Å². The molecule has 0 spiro atoms. The van der Waals surface area contributed by atoms with Crippen molar-refractivity contribution in [3.8, 4) is 17.1 Å². The monoisotopic (exact) mass is 398 g/mol. The number of aromatic nitrogens is 1. The van der Waals surface area contributed by atoms with E-state index in [1.807, 2.05) is 49.4 Å². The van der Waals surface area contributed by atoms with Crippen molar-refractivity contribution in [1.29, 1.82) is 0 Å². The van der Waals surface area contributed by atoms with Gasteiger partial charge in [0.15, 0.2) is 11.7 Å². The summed E-state index contributed by atoms with van der Waals surface area (Å²) in [5, 5.41) is 3.59. The molecule has 3 rings (SSSR count). The zero-order valence-electron chi connectivity index (χ0n) is 15.8. The zero-order valence-corrected chi connectivity index (χ0v) is 16.5. The lowest BCUT2D eigenvalue weighted by molar-refractivity contribution is -0.121. The van der Waals surface area contributed by atoms with Gasteiger partial charge in [-0.2, -0.15) is 0 Å². The first-order valence-corrected chi connectivity index (χ1v) is 9.65. The number of amides is 1. The van der Waals surface area contributed by atoms with E-state index in [1.165, 1.54) is 0 Å². The van der Waals surface area contributed by atoms with Gasteiger partial charge in [-0.25, -0.2) is 4.98 Å². The second kappa shape index (κ2) is 9.95. The fourth-order valence-corrected chi connectivity index (χ4v) is 2.95. The third-order valence-corrected chi connectivity index (χ3v) is 4.45. The van der Waals surface area contributed by atoms with Crippen molar-refractivity contribution in [3.05, 3.63) is 71.2 Å². The van der Waals surface area contributed by atoms with Gasteiger partial charge in [-0.05, 0) is 37.1 Å². The van der Waals surface area contributed by atoms with E-state index >= 15 is 0 Å². The van der Waals surface area contributed by atoms with Crippen LogP contribution >= 0.6 is 11.6 Å². The van der Waals surface area contributed by atoms with E-state index < -0.39 is 0 Å². The Labute approximate surface area is 169 Å². The zero-order chi connectivity index (χ0) is 19.8. The lowest BCUT2D eigenvalue weighted by Gasteiger charge is -2.09. The molecular weight excluding hydrogens is 376 g/mol. The van der Waals surface area contributed by atoms with Crippen molar-refractivity contribution in [2.45, 2.75) is 26.2 Å². The molecule has 1 amide bonds. The van der Waals surface area contributed by atoms with E-state index in [4.69, 9.17) is 20.8 Å². The Morgan fingerprint density at radius 3 is 2.82 bits per heavy atom. The van der Waals surface area contributed by atoms with Gasteiger partial charge in [0.2, 0.25) is 5.91 Å². The van der Waals surface area contributed by atoms with Crippen LogP contribution in [0.5, 0.6) is 5.75 Å². The summed E-state index contributed by atoms with van der Waals surface area (Å²) in [7, 11) is 0. The Morgan fingerprint density at radius 2 is 2.04 bits per heavy atom. The summed E-state index contributed by atoms with van der Waals surface area (Å²) in [5.41, 5.74) is 1.97. The Hall–Kier alpha value is -2.79. The molecule has 0 atom stereocenters. The largest absolute Gasteiger partial charge is 0.493 e. The number of nitrogens with one attached hydrogen (secondary N) is 1. The van der Waals surface area contributed by atoms with E-state index in [2.05, 4.69) is 10.3 Å². The molecule has 0 unspecified atom stereocenters. The molecule has 0 saturated carbocycles. The molecule has 6 heteroatoms. The first-order valence-electron chi connectivity index (χ1n) is 9.27. The van der Waals surface area contributed by atoms with Crippen LogP contribution in [0.15, 0.2) is 59.1 Å². The van der Waals surface area contributed by atoms with E-state index in [-0.39, 0.29) is 5.91 Å². The summed E-state index contributed by atoms with van der Waals surface area (Å²) in [4.78, 5) is 16.2. The highest BCUT2D eigenvalue weighted by molar-refractivity contribution is 6.30. The quantitative estimate of drug-likeness (QED) is 0.525. The number of carbonyl (C=O) groups is 1. The van der Waals surface area contributed by atoms with Gasteiger partial charge in [-0.15, -0.1) is 0 Å². The second-order valence-corrected chi connectivity index (χ2v) is 6.88. The van der Waals surface area contributed by atoms with Gasteiger partial charge in [-0.1, -0.05) is 41.9 Å². The van der Waals surface area contributed by atoms with Crippen LogP contribution in [0.2, 0.25) is 5.02 Å². The minimum absolute atomic E-state index is 0.0258. The molecule has 5 nitrogen and oxygen atoms in total. The molecule has 1 heterocycles. The molecule has 0 aliphatic heterocycles. The number of oxazole rings is 1. The Kier molecular flexibility index (Phi) is 7.09. The van der Waals surface area contributed by atoms with Gasteiger partial charge in [0.05, 0.1) is 12.8 Å². The van der Waals surface area contributed by atoms with Crippen molar-refractivity contribution in [3.63, 3.8) is 0 Å². The number of carbonyl (C=O) groups excluding carboxylic acids is 1. The standard InChI is InChI=1S/C22H23ClN2O3/c1-16-14-18(23)8-9-19(16)27-13-5-12-24-21(26)10-11-22-25-15-20(28-22)17-6-3-2-4-7-17/h2-4,6-9,14-15H,5,10-13H2,1H3,(H,24,26). The topological polar surface area (TPSA) is 64.4 Å². The molecule has 146 valence electrons. The van der Waals surface area contributed by atoms with E-state index in [9.17, 15) is 4.79 Å². The van der Waals surface area contributed by atoms with Gasteiger partial charge < -0.3 is 14.5 Å². The molecule has 0 saturated heterocycles. The normalized spacial score (nSPS) is 10.6. The lowest BCUT2D eigenvalue weighted by atomic mass is 10.2. The number of halogens is 1. The van der Waals surface area contributed by atoms with Crippen molar-refractivity contribution < 1.29 is 13.9 Å². The molecule has 0 radical (unpaired) electrons. The van der Waals surface area contributed by atoms with Crippen molar-refractivity contribution in [2.24, 2.45) is 0 Å². The van der Waals surface area contributed by atoms with Crippen molar-refractivity contribution in [1.82, 2.24) is 10.3 Å². The van der Waals surface area contributed by atoms with E-state index in [0.717, 1.165) is 23.3 Å². The van der Waals surface area contributed by atoms with Crippen LogP contribution in [0.3, 0.4) is 0 Å². The molecule has 0 fully saturated rings. The van der Waals surface area contributed by atoms with Crippen LogP contribution in [-0.2, 0) is 11.2 Å². The number of aryl methyl sites for hydroxylation is 2. The SMILES string of the molecule is Cc1cc(Cl)ccc1OCCCNC(=O)CCc1ncc(-c2ccccc2)o1. The summed E-state index contributed by atoms with van der Waals surface area (Å²) in [6, 6.07) is 15.3. The van der Waals surface area contributed by atoms with Crippen molar-refractivity contribution in [2.75, 3.05) is 13.2 Å². The molecule has 1 N–H and O–H groups in total. The number of rotatable bonds is 9. The van der Waals surface area contributed by atoms with Gasteiger partial charge in [0.25, 0.3) is 0 Å². The number of benzene rings is 2. The number of hydrogen-bond acceptors (Lipinski definition) is 4. The summed E-state index contributed by atoms with van der Waals surface area (Å²) in [6.07, 6.45) is 3.23. The van der Waals surface area contributed by atoms with Gasteiger partial charge in [0.1, 0.15) is 5.75 Å². The summed E-state index contributed by atoms with van der Waals surface area (Å²) in [6.45, 7) is 3.05. The first kappa shape index (κ1) is 20.0. The molecule has 0 aliphatic rings. The molecule has 2 aromatic carbocycles. The van der Waals surface area contributed by atoms with Crippen LogP contribution < -0.4 is 10.1 Å². The van der Waals surface area contributed by atoms with Gasteiger partial charge in [-0.3, -0.25) is 4.79 Å². The highest BCUT2D eigenvalue weighted by Gasteiger charge is 2.08. The summed E-state index contributed by atoms with van der Waals surface area (Å²) >= 11 is 5.93. The highest BCUT2D eigenvalue weighted by atomic mass is 35.5. The maximum Gasteiger partial charge on any atom is 0.220 e. The van der Waals surface area contributed by atoms with Crippen LogP contribution in [-0.4, -0.2) is 24.0 Å². The Balaban J connectivity index is 1.33. The average Bonchev–Trinajstić information content (AvgIpc) is 3.17.